The average Bonchev–Trinajstić information content (AvgIpc) is 3.25. The van der Waals surface area contributed by atoms with E-state index in [0.29, 0.717) is 18.8 Å². The van der Waals surface area contributed by atoms with E-state index < -0.39 is 35.8 Å². The van der Waals surface area contributed by atoms with Crippen molar-refractivity contribution < 1.29 is 23.9 Å². The first-order valence-electron chi connectivity index (χ1n) is 10.8. The van der Waals surface area contributed by atoms with Gasteiger partial charge in [0.05, 0.1) is 6.04 Å². The van der Waals surface area contributed by atoms with Gasteiger partial charge in [-0.25, -0.2) is 14.5 Å². The molecular formula is C22H28N6O5. The fraction of sp³-hybridized carbons (Fsp3) is 0.455. The average molecular weight is 457 g/mol. The van der Waals surface area contributed by atoms with E-state index in [2.05, 4.69) is 26.0 Å². The molecule has 1 aliphatic rings. The maximum absolute atomic E-state index is 13.0. The van der Waals surface area contributed by atoms with Crippen molar-refractivity contribution in [2.45, 2.75) is 51.9 Å². The number of hydrogen-bond donors (Lipinski definition) is 3. The number of ketones is 1. The standard InChI is InChI=1S/C22H28N6O5/c1-14(2)18(27-22(32)33-12-15-6-4-3-5-7-15)20(30)26-16-9-11-28-17(24-13-25-28)8-10-23-21(31)19(16)29/h3-7,13-14,16,18H,8-12H2,1-2H3,(H,23,31)(H,26,30)(H,27,32). The molecule has 0 saturated carbocycles. The zero-order valence-electron chi connectivity index (χ0n) is 18.6. The highest BCUT2D eigenvalue weighted by atomic mass is 16.5. The summed E-state index contributed by atoms with van der Waals surface area (Å²) in [7, 11) is 0. The summed E-state index contributed by atoms with van der Waals surface area (Å²) in [6, 6.07) is 7.11. The molecule has 2 heterocycles. The number of aromatic nitrogens is 3. The van der Waals surface area contributed by atoms with Gasteiger partial charge in [0.15, 0.2) is 0 Å². The van der Waals surface area contributed by atoms with Crippen LogP contribution >= 0.6 is 0 Å². The number of nitrogens with zero attached hydrogens (tertiary/aromatic N) is 3. The molecule has 1 aromatic heterocycles. The van der Waals surface area contributed by atoms with Gasteiger partial charge in [0.2, 0.25) is 11.7 Å². The largest absolute Gasteiger partial charge is 0.445 e. The number of hydrogen-bond acceptors (Lipinski definition) is 7. The molecule has 2 unspecified atom stereocenters. The molecule has 2 atom stereocenters. The molecule has 2 aromatic rings. The van der Waals surface area contributed by atoms with Crippen LogP contribution in [0, 0.1) is 5.92 Å². The van der Waals surface area contributed by atoms with Crippen molar-refractivity contribution in [1.82, 2.24) is 30.7 Å². The monoisotopic (exact) mass is 456 g/mol. The van der Waals surface area contributed by atoms with Crippen LogP contribution in [0.4, 0.5) is 4.79 Å². The van der Waals surface area contributed by atoms with Crippen molar-refractivity contribution >= 4 is 23.7 Å². The van der Waals surface area contributed by atoms with Crippen LogP contribution < -0.4 is 16.0 Å². The van der Waals surface area contributed by atoms with Crippen molar-refractivity contribution in [3.05, 3.63) is 48.0 Å². The van der Waals surface area contributed by atoms with Gasteiger partial charge in [0.25, 0.3) is 5.91 Å². The molecule has 0 radical (unpaired) electrons. The zero-order valence-corrected chi connectivity index (χ0v) is 18.6. The molecule has 11 nitrogen and oxygen atoms in total. The predicted molar refractivity (Wildman–Crippen MR) is 117 cm³/mol. The number of nitrogens with one attached hydrogen (secondary N) is 3. The molecule has 1 aromatic carbocycles. The van der Waals surface area contributed by atoms with E-state index in [4.69, 9.17) is 4.74 Å². The number of alkyl carbamates (subject to hydrolysis) is 1. The third-order valence-corrected chi connectivity index (χ3v) is 5.25. The van der Waals surface area contributed by atoms with E-state index in [0.717, 1.165) is 5.56 Å². The third kappa shape index (κ3) is 6.61. The number of carbonyl (C=O) groups excluding carboxylic acids is 4. The van der Waals surface area contributed by atoms with Crippen LogP contribution in [-0.4, -0.2) is 57.1 Å². The van der Waals surface area contributed by atoms with Crippen LogP contribution in [0.3, 0.4) is 0 Å². The fourth-order valence-electron chi connectivity index (χ4n) is 3.41. The predicted octanol–water partition coefficient (Wildman–Crippen LogP) is 0.345. The second kappa shape index (κ2) is 11.2. The molecule has 3 N–H and O–H groups in total. The lowest BCUT2D eigenvalue weighted by Gasteiger charge is -2.25. The smallest absolute Gasteiger partial charge is 0.408 e. The Morgan fingerprint density at radius 1 is 1.24 bits per heavy atom. The normalized spacial score (nSPS) is 17.5. The zero-order chi connectivity index (χ0) is 23.8. The van der Waals surface area contributed by atoms with E-state index >= 15 is 0 Å². The number of rotatable bonds is 6. The second-order valence-corrected chi connectivity index (χ2v) is 8.05. The Labute approximate surface area is 191 Å². The van der Waals surface area contributed by atoms with Crippen molar-refractivity contribution in [3.8, 4) is 0 Å². The van der Waals surface area contributed by atoms with Gasteiger partial charge < -0.3 is 20.7 Å². The summed E-state index contributed by atoms with van der Waals surface area (Å²) in [5.41, 5.74) is 0.809. The molecule has 0 aliphatic carbocycles. The fourth-order valence-corrected chi connectivity index (χ4v) is 3.41. The van der Waals surface area contributed by atoms with Gasteiger partial charge in [-0.05, 0) is 17.9 Å². The topological polar surface area (TPSA) is 144 Å². The van der Waals surface area contributed by atoms with Gasteiger partial charge in [0, 0.05) is 19.5 Å². The first-order valence-corrected chi connectivity index (χ1v) is 10.8. The minimum atomic E-state index is -1.07. The summed E-state index contributed by atoms with van der Waals surface area (Å²) in [6.07, 6.45) is 1.25. The van der Waals surface area contributed by atoms with Gasteiger partial charge >= 0.3 is 6.09 Å². The summed E-state index contributed by atoms with van der Waals surface area (Å²) >= 11 is 0. The van der Waals surface area contributed by atoms with Crippen LogP contribution in [0.2, 0.25) is 0 Å². The van der Waals surface area contributed by atoms with Crippen LogP contribution in [0.5, 0.6) is 0 Å². The van der Waals surface area contributed by atoms with Gasteiger partial charge in [-0.1, -0.05) is 44.2 Å². The Kier molecular flexibility index (Phi) is 8.11. The number of benzene rings is 1. The Morgan fingerprint density at radius 2 is 2.00 bits per heavy atom. The summed E-state index contributed by atoms with van der Waals surface area (Å²) < 4.78 is 6.85. The minimum Gasteiger partial charge on any atom is -0.445 e. The molecule has 0 bridgehead atoms. The first kappa shape index (κ1) is 23.9. The Hall–Kier alpha value is -3.76. The first-order chi connectivity index (χ1) is 15.8. The van der Waals surface area contributed by atoms with Crippen molar-refractivity contribution in [2.75, 3.05) is 6.54 Å². The van der Waals surface area contributed by atoms with E-state index in [1.807, 2.05) is 30.3 Å². The number of ether oxygens (including phenoxy) is 1. The molecule has 0 saturated heterocycles. The van der Waals surface area contributed by atoms with E-state index in [1.165, 1.54) is 6.33 Å². The van der Waals surface area contributed by atoms with Crippen molar-refractivity contribution in [1.29, 1.82) is 0 Å². The lowest BCUT2D eigenvalue weighted by atomic mass is 10.0. The quantitative estimate of drug-likeness (QED) is 0.532. The highest BCUT2D eigenvalue weighted by Gasteiger charge is 2.32. The van der Waals surface area contributed by atoms with Crippen molar-refractivity contribution in [2.24, 2.45) is 5.92 Å². The van der Waals surface area contributed by atoms with E-state index in [1.54, 1.807) is 18.5 Å². The number of Topliss-reactive ketones (excluding diaryl/α,β-unsaturated/α-hetero) is 1. The lowest BCUT2D eigenvalue weighted by molar-refractivity contribution is -0.140. The number of amides is 3. The van der Waals surface area contributed by atoms with E-state index in [9.17, 15) is 19.2 Å². The molecule has 176 valence electrons. The summed E-state index contributed by atoms with van der Waals surface area (Å²) in [4.78, 5) is 54.3. The Balaban J connectivity index is 1.64. The summed E-state index contributed by atoms with van der Waals surface area (Å²) in [5.74, 6) is -1.72. The molecule has 3 amide bonds. The molecule has 0 fully saturated rings. The maximum Gasteiger partial charge on any atom is 0.408 e. The van der Waals surface area contributed by atoms with Crippen LogP contribution in [0.25, 0.3) is 0 Å². The van der Waals surface area contributed by atoms with Crippen LogP contribution in [0.15, 0.2) is 36.7 Å². The van der Waals surface area contributed by atoms with E-state index in [-0.39, 0.29) is 25.5 Å². The van der Waals surface area contributed by atoms with Gasteiger partial charge in [-0.15, -0.1) is 0 Å². The van der Waals surface area contributed by atoms with Crippen LogP contribution in [0.1, 0.15) is 31.7 Å². The second-order valence-electron chi connectivity index (χ2n) is 8.05. The highest BCUT2D eigenvalue weighted by molar-refractivity contribution is 6.38. The number of fused-ring (bicyclic) bond motifs is 1. The number of carbonyl (C=O) groups is 4. The summed E-state index contributed by atoms with van der Waals surface area (Å²) in [6.45, 7) is 4.10. The van der Waals surface area contributed by atoms with Gasteiger partial charge in [0.1, 0.15) is 24.8 Å². The molecule has 33 heavy (non-hydrogen) atoms. The Morgan fingerprint density at radius 3 is 2.73 bits per heavy atom. The maximum atomic E-state index is 13.0. The molecule has 11 heteroatoms. The van der Waals surface area contributed by atoms with Crippen LogP contribution in [-0.2, 0) is 38.7 Å². The SMILES string of the molecule is CC(C)C(NC(=O)OCc1ccccc1)C(=O)NC1CCn2ncnc2CCNC(=O)C1=O. The molecule has 0 spiro atoms. The lowest BCUT2D eigenvalue weighted by Crippen LogP contribution is -2.56. The van der Waals surface area contributed by atoms with Gasteiger partial charge in [-0.2, -0.15) is 5.10 Å². The molecule has 1 aliphatic heterocycles. The summed E-state index contributed by atoms with van der Waals surface area (Å²) in [5, 5.41) is 11.8. The van der Waals surface area contributed by atoms with Crippen molar-refractivity contribution in [3.63, 3.8) is 0 Å². The molecule has 3 rings (SSSR count). The highest BCUT2D eigenvalue weighted by Crippen LogP contribution is 2.08. The third-order valence-electron chi connectivity index (χ3n) is 5.25. The van der Waals surface area contributed by atoms with Gasteiger partial charge in [-0.3, -0.25) is 14.4 Å². The minimum absolute atomic E-state index is 0.0562. The number of aryl methyl sites for hydroxylation is 1. The molecular weight excluding hydrogens is 428 g/mol. The Bertz CT molecular complexity index is 990.